The molecule has 12 heteroatoms. The highest BCUT2D eigenvalue weighted by Crippen LogP contribution is 2.32. The van der Waals surface area contributed by atoms with Crippen LogP contribution in [-0.4, -0.2) is 112 Å². The van der Waals surface area contributed by atoms with Crippen LogP contribution in [0.4, 0.5) is 4.39 Å². The fourth-order valence-corrected chi connectivity index (χ4v) is 4.19. The van der Waals surface area contributed by atoms with Gasteiger partial charge >= 0.3 is 0 Å². The molecule has 3 heterocycles. The number of aliphatic hydroxyl groups excluding tert-OH is 5. The number of halogens is 2. The standard InChI is InChI=1S/C17H28BrFO10/c18-5-7-14(28-9-3-1-2-4-25-9)11(22)13(24)17(27-7)29-15-8(6-20)26-16(19)12(23)10(15)21/h7-17,20-24H,1-6H2. The Morgan fingerprint density at radius 3 is 2.21 bits per heavy atom. The predicted molar refractivity (Wildman–Crippen MR) is 96.7 cm³/mol. The van der Waals surface area contributed by atoms with Crippen molar-refractivity contribution in [2.75, 3.05) is 18.5 Å². The summed E-state index contributed by atoms with van der Waals surface area (Å²) in [5.41, 5.74) is 0. The van der Waals surface area contributed by atoms with Crippen LogP contribution >= 0.6 is 15.9 Å². The molecule has 0 aliphatic carbocycles. The van der Waals surface area contributed by atoms with E-state index in [1.165, 1.54) is 0 Å². The summed E-state index contributed by atoms with van der Waals surface area (Å²) in [6.07, 6.45) is -12.7. The largest absolute Gasteiger partial charge is 0.394 e. The van der Waals surface area contributed by atoms with Crippen LogP contribution in [0.2, 0.25) is 0 Å². The van der Waals surface area contributed by atoms with Crippen LogP contribution in [0.15, 0.2) is 0 Å². The maximum atomic E-state index is 13.6. The minimum absolute atomic E-state index is 0.232. The lowest BCUT2D eigenvalue weighted by Crippen LogP contribution is -2.64. The van der Waals surface area contributed by atoms with E-state index in [-0.39, 0.29) is 5.33 Å². The monoisotopic (exact) mass is 490 g/mol. The molecule has 3 aliphatic heterocycles. The summed E-state index contributed by atoms with van der Waals surface area (Å²) in [7, 11) is 0. The van der Waals surface area contributed by atoms with Gasteiger partial charge in [0.2, 0.25) is 6.36 Å². The molecule has 0 spiro atoms. The molecule has 3 rings (SSSR count). The summed E-state index contributed by atoms with van der Waals surface area (Å²) < 4.78 is 40.9. The maximum absolute atomic E-state index is 13.6. The Morgan fingerprint density at radius 2 is 1.59 bits per heavy atom. The lowest BCUT2D eigenvalue weighted by atomic mass is 9.97. The summed E-state index contributed by atoms with van der Waals surface area (Å²) in [6.45, 7) is -0.158. The zero-order valence-corrected chi connectivity index (χ0v) is 17.2. The van der Waals surface area contributed by atoms with Crippen LogP contribution < -0.4 is 0 Å². The van der Waals surface area contributed by atoms with Gasteiger partial charge in [-0.05, 0) is 19.3 Å². The third-order valence-corrected chi connectivity index (χ3v) is 5.98. The molecule has 29 heavy (non-hydrogen) atoms. The average Bonchev–Trinajstić information content (AvgIpc) is 2.73. The van der Waals surface area contributed by atoms with Crippen molar-refractivity contribution in [3.05, 3.63) is 0 Å². The number of ether oxygens (including phenoxy) is 5. The molecule has 0 aromatic carbocycles. The highest BCUT2D eigenvalue weighted by molar-refractivity contribution is 9.09. The van der Waals surface area contributed by atoms with Gasteiger partial charge in [0.15, 0.2) is 12.6 Å². The van der Waals surface area contributed by atoms with Gasteiger partial charge in [0.25, 0.3) is 0 Å². The number of aliphatic hydroxyl groups is 5. The van der Waals surface area contributed by atoms with Crippen LogP contribution in [0.25, 0.3) is 0 Å². The van der Waals surface area contributed by atoms with Crippen molar-refractivity contribution in [3.8, 4) is 0 Å². The predicted octanol–water partition coefficient (Wildman–Crippen LogP) is -1.47. The van der Waals surface area contributed by atoms with E-state index in [0.29, 0.717) is 13.0 Å². The highest BCUT2D eigenvalue weighted by atomic mass is 79.9. The third-order valence-electron chi connectivity index (χ3n) is 5.34. The van der Waals surface area contributed by atoms with E-state index in [2.05, 4.69) is 15.9 Å². The number of hydrogen-bond donors (Lipinski definition) is 5. The third kappa shape index (κ3) is 5.26. The summed E-state index contributed by atoms with van der Waals surface area (Å²) >= 11 is 3.27. The first-order valence-electron chi connectivity index (χ1n) is 9.64. The minimum Gasteiger partial charge on any atom is -0.394 e. The molecule has 0 aromatic rings. The van der Waals surface area contributed by atoms with Crippen LogP contribution in [0.3, 0.4) is 0 Å². The van der Waals surface area contributed by atoms with Gasteiger partial charge in [0.1, 0.15) is 42.7 Å². The van der Waals surface area contributed by atoms with E-state index in [4.69, 9.17) is 23.7 Å². The molecular weight excluding hydrogens is 463 g/mol. The summed E-state index contributed by atoms with van der Waals surface area (Å²) in [5, 5.41) is 50.5. The molecule has 170 valence electrons. The zero-order valence-electron chi connectivity index (χ0n) is 15.6. The first-order chi connectivity index (χ1) is 13.9. The lowest BCUT2D eigenvalue weighted by molar-refractivity contribution is -0.356. The lowest BCUT2D eigenvalue weighted by Gasteiger charge is -2.46. The van der Waals surface area contributed by atoms with E-state index in [9.17, 15) is 29.9 Å². The topological polar surface area (TPSA) is 147 Å². The smallest absolute Gasteiger partial charge is 0.228 e. The number of alkyl halides is 2. The molecule has 3 fully saturated rings. The van der Waals surface area contributed by atoms with Gasteiger partial charge in [-0.3, -0.25) is 0 Å². The van der Waals surface area contributed by atoms with Crippen LogP contribution in [-0.2, 0) is 23.7 Å². The maximum Gasteiger partial charge on any atom is 0.228 e. The van der Waals surface area contributed by atoms with Gasteiger partial charge < -0.3 is 49.2 Å². The van der Waals surface area contributed by atoms with Gasteiger partial charge in [-0.1, -0.05) is 15.9 Å². The molecule has 11 unspecified atom stereocenters. The first kappa shape index (κ1) is 23.7. The molecule has 0 saturated carbocycles. The molecule has 5 N–H and O–H groups in total. The Kier molecular flexibility index (Phi) is 8.61. The average molecular weight is 491 g/mol. The molecule has 10 nitrogen and oxygen atoms in total. The van der Waals surface area contributed by atoms with Crippen LogP contribution in [0.1, 0.15) is 19.3 Å². The van der Waals surface area contributed by atoms with Gasteiger partial charge in [-0.2, -0.15) is 0 Å². The molecule has 3 saturated heterocycles. The van der Waals surface area contributed by atoms with E-state index in [0.717, 1.165) is 12.8 Å². The minimum atomic E-state index is -2.20. The summed E-state index contributed by atoms with van der Waals surface area (Å²) in [5.74, 6) is 0. The van der Waals surface area contributed by atoms with E-state index >= 15 is 0 Å². The van der Waals surface area contributed by atoms with Crippen molar-refractivity contribution >= 4 is 15.9 Å². The molecular formula is C17H28BrFO10. The van der Waals surface area contributed by atoms with Crippen molar-refractivity contribution in [1.82, 2.24) is 0 Å². The molecule has 0 amide bonds. The van der Waals surface area contributed by atoms with Gasteiger partial charge in [0, 0.05) is 11.9 Å². The van der Waals surface area contributed by atoms with E-state index in [1.54, 1.807) is 0 Å². The summed E-state index contributed by atoms with van der Waals surface area (Å²) in [4.78, 5) is 0. The second kappa shape index (κ2) is 10.6. The second-order valence-corrected chi connectivity index (χ2v) is 8.01. The molecule has 0 aromatic heterocycles. The SMILES string of the molecule is OCC1OC(F)C(O)C(O)C1OC1OC(CBr)C(OC2CCCCO2)C(O)C1O. The number of rotatable bonds is 6. The van der Waals surface area contributed by atoms with Crippen molar-refractivity contribution < 1.29 is 53.6 Å². The first-order valence-corrected chi connectivity index (χ1v) is 10.8. The van der Waals surface area contributed by atoms with E-state index < -0.39 is 74.4 Å². The quantitative estimate of drug-likeness (QED) is 0.279. The van der Waals surface area contributed by atoms with Crippen molar-refractivity contribution in [2.45, 2.75) is 87.0 Å². The number of hydrogen-bond acceptors (Lipinski definition) is 10. The Morgan fingerprint density at radius 1 is 0.897 bits per heavy atom. The second-order valence-electron chi connectivity index (χ2n) is 7.37. The Bertz CT molecular complexity index is 509. The fourth-order valence-electron chi connectivity index (χ4n) is 3.67. The Labute approximate surface area is 175 Å². The van der Waals surface area contributed by atoms with Crippen molar-refractivity contribution in [1.29, 1.82) is 0 Å². The molecule has 11 atom stereocenters. The van der Waals surface area contributed by atoms with Crippen molar-refractivity contribution in [3.63, 3.8) is 0 Å². The van der Waals surface area contributed by atoms with Crippen molar-refractivity contribution in [2.24, 2.45) is 0 Å². The van der Waals surface area contributed by atoms with E-state index in [1.807, 2.05) is 0 Å². The Hall–Kier alpha value is 0.01000. The van der Waals surface area contributed by atoms with Crippen LogP contribution in [0, 0.1) is 0 Å². The van der Waals surface area contributed by atoms with Gasteiger partial charge in [0.05, 0.1) is 12.7 Å². The fraction of sp³-hybridized carbons (Fsp3) is 1.00. The molecule has 3 aliphatic rings. The zero-order chi connectivity index (χ0) is 21.1. The van der Waals surface area contributed by atoms with Gasteiger partial charge in [-0.15, -0.1) is 0 Å². The van der Waals surface area contributed by atoms with Crippen LogP contribution in [0.5, 0.6) is 0 Å². The normalized spacial score (nSPS) is 49.1. The highest BCUT2D eigenvalue weighted by Gasteiger charge is 2.51. The summed E-state index contributed by atoms with van der Waals surface area (Å²) in [6, 6.07) is 0. The molecule has 0 bridgehead atoms. The van der Waals surface area contributed by atoms with Gasteiger partial charge in [-0.25, -0.2) is 4.39 Å². The Balaban J connectivity index is 1.67. The molecule has 0 radical (unpaired) electrons.